The van der Waals surface area contributed by atoms with Crippen LogP contribution in [0.15, 0.2) is 0 Å². The molecule has 2 unspecified atom stereocenters. The van der Waals surface area contributed by atoms with E-state index < -0.39 is 0 Å². The molecule has 0 amide bonds. The SMILES string of the molecule is COC(C)CCC1CCCCCN1. The van der Waals surface area contributed by atoms with Crippen molar-refractivity contribution in [1.82, 2.24) is 5.32 Å². The van der Waals surface area contributed by atoms with Gasteiger partial charge in [-0.3, -0.25) is 0 Å². The molecule has 2 atom stereocenters. The number of ether oxygens (including phenoxy) is 1. The van der Waals surface area contributed by atoms with Crippen molar-refractivity contribution in [2.24, 2.45) is 0 Å². The van der Waals surface area contributed by atoms with Gasteiger partial charge < -0.3 is 10.1 Å². The highest BCUT2D eigenvalue weighted by Gasteiger charge is 2.12. The minimum absolute atomic E-state index is 0.421. The topological polar surface area (TPSA) is 21.3 Å². The highest BCUT2D eigenvalue weighted by atomic mass is 16.5. The maximum absolute atomic E-state index is 5.24. The Bertz CT molecular complexity index is 119. The predicted molar refractivity (Wildman–Crippen MR) is 56.0 cm³/mol. The van der Waals surface area contributed by atoms with E-state index in [0.717, 1.165) is 6.04 Å². The Kier molecular flexibility index (Phi) is 5.40. The Morgan fingerprint density at radius 2 is 2.23 bits per heavy atom. The zero-order chi connectivity index (χ0) is 9.52. The van der Waals surface area contributed by atoms with Gasteiger partial charge in [-0.15, -0.1) is 0 Å². The van der Waals surface area contributed by atoms with Crippen molar-refractivity contribution in [3.05, 3.63) is 0 Å². The summed E-state index contributed by atoms with van der Waals surface area (Å²) in [5, 5.41) is 3.61. The Hall–Kier alpha value is -0.0800. The molecule has 1 heterocycles. The Morgan fingerprint density at radius 3 is 3.00 bits per heavy atom. The van der Waals surface area contributed by atoms with Crippen molar-refractivity contribution in [3.8, 4) is 0 Å². The fourth-order valence-corrected chi connectivity index (χ4v) is 1.90. The average Bonchev–Trinajstić information content (AvgIpc) is 2.42. The maximum atomic E-state index is 5.24. The van der Waals surface area contributed by atoms with E-state index in [-0.39, 0.29) is 0 Å². The molecular weight excluding hydrogens is 162 g/mol. The zero-order valence-corrected chi connectivity index (χ0v) is 9.01. The van der Waals surface area contributed by atoms with E-state index in [0.29, 0.717) is 6.10 Å². The Morgan fingerprint density at radius 1 is 1.38 bits per heavy atom. The number of hydrogen-bond donors (Lipinski definition) is 1. The number of rotatable bonds is 4. The second kappa shape index (κ2) is 6.39. The molecule has 0 radical (unpaired) electrons. The van der Waals surface area contributed by atoms with Crippen molar-refractivity contribution in [3.63, 3.8) is 0 Å². The standard InChI is InChI=1S/C11H23NO/c1-10(13-2)7-8-11-6-4-3-5-9-12-11/h10-12H,3-9H2,1-2H3. The van der Waals surface area contributed by atoms with E-state index in [4.69, 9.17) is 4.74 Å². The first kappa shape index (κ1) is 11.0. The van der Waals surface area contributed by atoms with Crippen LogP contribution in [-0.4, -0.2) is 25.8 Å². The van der Waals surface area contributed by atoms with Crippen LogP contribution < -0.4 is 5.32 Å². The van der Waals surface area contributed by atoms with Gasteiger partial charge in [-0.1, -0.05) is 12.8 Å². The molecule has 0 saturated carbocycles. The molecule has 1 aliphatic rings. The third-order valence-corrected chi connectivity index (χ3v) is 2.99. The first-order valence-electron chi connectivity index (χ1n) is 5.59. The van der Waals surface area contributed by atoms with Crippen LogP contribution in [0.25, 0.3) is 0 Å². The first-order valence-corrected chi connectivity index (χ1v) is 5.59. The lowest BCUT2D eigenvalue weighted by atomic mass is 10.0. The predicted octanol–water partition coefficient (Wildman–Crippen LogP) is 2.33. The molecule has 1 aliphatic heterocycles. The molecule has 1 fully saturated rings. The molecule has 0 aromatic carbocycles. The third kappa shape index (κ3) is 4.63. The Balaban J connectivity index is 2.11. The fourth-order valence-electron chi connectivity index (χ4n) is 1.90. The highest BCUT2D eigenvalue weighted by molar-refractivity contribution is 4.71. The van der Waals surface area contributed by atoms with Crippen LogP contribution in [0.4, 0.5) is 0 Å². The van der Waals surface area contributed by atoms with Gasteiger partial charge in [0.25, 0.3) is 0 Å². The largest absolute Gasteiger partial charge is 0.382 e. The molecule has 2 nitrogen and oxygen atoms in total. The number of methoxy groups -OCH3 is 1. The monoisotopic (exact) mass is 185 g/mol. The average molecular weight is 185 g/mol. The van der Waals surface area contributed by atoms with E-state index in [1.807, 2.05) is 0 Å². The molecule has 0 spiro atoms. The van der Waals surface area contributed by atoms with E-state index >= 15 is 0 Å². The second-order valence-corrected chi connectivity index (χ2v) is 4.12. The van der Waals surface area contributed by atoms with Crippen LogP contribution >= 0.6 is 0 Å². The van der Waals surface area contributed by atoms with Gasteiger partial charge in [0.15, 0.2) is 0 Å². The molecule has 1 N–H and O–H groups in total. The molecule has 1 saturated heterocycles. The van der Waals surface area contributed by atoms with Crippen molar-refractivity contribution in [2.45, 2.75) is 57.6 Å². The lowest BCUT2D eigenvalue weighted by Gasteiger charge is -2.17. The summed E-state index contributed by atoms with van der Waals surface area (Å²) in [4.78, 5) is 0. The molecule has 0 bridgehead atoms. The van der Waals surface area contributed by atoms with Gasteiger partial charge >= 0.3 is 0 Å². The molecule has 0 aliphatic carbocycles. The Labute approximate surface area is 82.0 Å². The maximum Gasteiger partial charge on any atom is 0.0543 e. The summed E-state index contributed by atoms with van der Waals surface area (Å²) in [6.07, 6.45) is 8.41. The van der Waals surface area contributed by atoms with Crippen LogP contribution in [0.5, 0.6) is 0 Å². The lowest BCUT2D eigenvalue weighted by Crippen LogP contribution is -2.29. The van der Waals surface area contributed by atoms with Gasteiger partial charge in [-0.2, -0.15) is 0 Å². The van der Waals surface area contributed by atoms with E-state index in [9.17, 15) is 0 Å². The van der Waals surface area contributed by atoms with Crippen LogP contribution in [0.3, 0.4) is 0 Å². The summed E-state index contributed by atoms with van der Waals surface area (Å²) < 4.78 is 5.24. The molecular formula is C11H23NO. The lowest BCUT2D eigenvalue weighted by molar-refractivity contribution is 0.106. The van der Waals surface area contributed by atoms with Gasteiger partial charge in [0.05, 0.1) is 6.10 Å². The third-order valence-electron chi connectivity index (χ3n) is 2.99. The fraction of sp³-hybridized carbons (Fsp3) is 1.00. The molecule has 78 valence electrons. The normalized spacial score (nSPS) is 26.8. The zero-order valence-electron chi connectivity index (χ0n) is 9.01. The number of hydrogen-bond acceptors (Lipinski definition) is 2. The van der Waals surface area contributed by atoms with Crippen molar-refractivity contribution < 1.29 is 4.74 Å². The summed E-state index contributed by atoms with van der Waals surface area (Å²) in [6, 6.07) is 0.750. The summed E-state index contributed by atoms with van der Waals surface area (Å²) in [5.41, 5.74) is 0. The molecule has 2 heteroatoms. The van der Waals surface area contributed by atoms with Crippen molar-refractivity contribution in [1.29, 1.82) is 0 Å². The van der Waals surface area contributed by atoms with E-state index in [1.54, 1.807) is 7.11 Å². The summed E-state index contributed by atoms with van der Waals surface area (Å²) in [6.45, 7) is 3.36. The molecule has 1 rings (SSSR count). The van der Waals surface area contributed by atoms with Crippen LogP contribution in [-0.2, 0) is 4.74 Å². The highest BCUT2D eigenvalue weighted by Crippen LogP contribution is 2.13. The van der Waals surface area contributed by atoms with Crippen LogP contribution in [0, 0.1) is 0 Å². The molecule has 0 aromatic rings. The summed E-state index contributed by atoms with van der Waals surface area (Å²) in [7, 11) is 1.80. The van der Waals surface area contributed by atoms with Crippen molar-refractivity contribution in [2.75, 3.05) is 13.7 Å². The second-order valence-electron chi connectivity index (χ2n) is 4.12. The van der Waals surface area contributed by atoms with Crippen LogP contribution in [0.2, 0.25) is 0 Å². The molecule has 13 heavy (non-hydrogen) atoms. The minimum atomic E-state index is 0.421. The first-order chi connectivity index (χ1) is 6.33. The minimum Gasteiger partial charge on any atom is -0.382 e. The van der Waals surface area contributed by atoms with Gasteiger partial charge in [0.2, 0.25) is 0 Å². The smallest absolute Gasteiger partial charge is 0.0543 e. The summed E-state index contributed by atoms with van der Waals surface area (Å²) >= 11 is 0. The van der Waals surface area contributed by atoms with Gasteiger partial charge in [0, 0.05) is 13.2 Å². The number of nitrogens with one attached hydrogen (secondary N) is 1. The van der Waals surface area contributed by atoms with E-state index in [1.165, 1.54) is 45.1 Å². The van der Waals surface area contributed by atoms with Crippen molar-refractivity contribution >= 4 is 0 Å². The van der Waals surface area contributed by atoms with Gasteiger partial charge in [0.1, 0.15) is 0 Å². The van der Waals surface area contributed by atoms with Gasteiger partial charge in [-0.25, -0.2) is 0 Å². The van der Waals surface area contributed by atoms with E-state index in [2.05, 4.69) is 12.2 Å². The molecule has 0 aromatic heterocycles. The van der Waals surface area contributed by atoms with Gasteiger partial charge in [-0.05, 0) is 39.2 Å². The summed E-state index contributed by atoms with van der Waals surface area (Å²) in [5.74, 6) is 0. The van der Waals surface area contributed by atoms with Crippen LogP contribution in [0.1, 0.15) is 45.4 Å². The quantitative estimate of drug-likeness (QED) is 0.726.